The highest BCUT2D eigenvalue weighted by Crippen LogP contribution is 2.01. The molecule has 2 unspecified atom stereocenters. The van der Waals surface area contributed by atoms with Gasteiger partial charge in [-0.2, -0.15) is 0 Å². The average molecular weight is 359 g/mol. The predicted octanol–water partition coefficient (Wildman–Crippen LogP) is -3.68. The Morgan fingerprint density at radius 3 is 2.20 bits per heavy atom. The number of hydrogen-bond acceptors (Lipinski definition) is 6. The van der Waals surface area contributed by atoms with Crippen LogP contribution in [0.3, 0.4) is 0 Å². The van der Waals surface area contributed by atoms with Crippen molar-refractivity contribution in [3.63, 3.8) is 0 Å². The van der Waals surface area contributed by atoms with Gasteiger partial charge < -0.3 is 38.7 Å². The lowest BCUT2D eigenvalue weighted by atomic mass is 10.1. The highest BCUT2D eigenvalue weighted by atomic mass is 16.4. The van der Waals surface area contributed by atoms with Crippen LogP contribution in [-0.2, 0) is 19.2 Å². The van der Waals surface area contributed by atoms with Crippen molar-refractivity contribution in [2.24, 2.45) is 27.9 Å². The minimum atomic E-state index is -1.22. The van der Waals surface area contributed by atoms with E-state index in [4.69, 9.17) is 28.0 Å². The average Bonchev–Trinajstić information content (AvgIpc) is 2.52. The summed E-state index contributed by atoms with van der Waals surface area (Å²) in [6, 6.07) is -2.04. The van der Waals surface area contributed by atoms with Crippen molar-refractivity contribution in [3.8, 4) is 0 Å². The van der Waals surface area contributed by atoms with Gasteiger partial charge in [-0.25, -0.2) is 0 Å². The van der Waals surface area contributed by atoms with E-state index in [0.717, 1.165) is 0 Å². The van der Waals surface area contributed by atoms with Crippen LogP contribution in [0.25, 0.3) is 0 Å². The normalized spacial score (nSPS) is 12.5. The molecule has 0 aliphatic carbocycles. The molecular formula is C13H25N7O5. The van der Waals surface area contributed by atoms with Crippen LogP contribution in [0.5, 0.6) is 0 Å². The molecule has 0 fully saturated rings. The number of nitrogens with zero attached hydrogens (tertiary/aromatic N) is 1. The number of carbonyl (C=O) groups is 4. The Morgan fingerprint density at radius 2 is 1.68 bits per heavy atom. The number of carboxylic acids is 1. The molecule has 25 heavy (non-hydrogen) atoms. The number of amides is 3. The summed E-state index contributed by atoms with van der Waals surface area (Å²) >= 11 is 0. The van der Waals surface area contributed by atoms with Gasteiger partial charge >= 0.3 is 5.97 Å². The van der Waals surface area contributed by atoms with Crippen LogP contribution < -0.4 is 33.6 Å². The first-order valence-electron chi connectivity index (χ1n) is 7.52. The quantitative estimate of drug-likeness (QED) is 0.104. The number of nitrogens with one attached hydrogen (secondary N) is 2. The summed E-state index contributed by atoms with van der Waals surface area (Å²) in [5.74, 6) is -3.26. The van der Waals surface area contributed by atoms with E-state index in [1.54, 1.807) is 0 Å². The van der Waals surface area contributed by atoms with Crippen LogP contribution >= 0.6 is 0 Å². The second-order valence-corrected chi connectivity index (χ2v) is 5.23. The van der Waals surface area contributed by atoms with Crippen LogP contribution in [0.1, 0.15) is 25.7 Å². The number of hydrogen-bond donors (Lipinski definition) is 7. The van der Waals surface area contributed by atoms with Gasteiger partial charge in [-0.1, -0.05) is 0 Å². The Hall–Kier alpha value is -2.89. The number of carbonyl (C=O) groups excluding carboxylic acids is 3. The summed E-state index contributed by atoms with van der Waals surface area (Å²) in [4.78, 5) is 49.0. The first-order chi connectivity index (χ1) is 11.6. The van der Waals surface area contributed by atoms with Crippen LogP contribution in [0.15, 0.2) is 4.99 Å². The van der Waals surface area contributed by atoms with Crippen LogP contribution in [-0.4, -0.2) is 59.9 Å². The number of aliphatic imine (C=N–C) groups is 1. The molecule has 0 aliphatic rings. The number of primary amides is 1. The molecule has 12 heteroatoms. The second kappa shape index (κ2) is 11.6. The number of guanidine groups is 1. The van der Waals surface area contributed by atoms with E-state index in [1.807, 2.05) is 0 Å². The van der Waals surface area contributed by atoms with Crippen LogP contribution in [0.2, 0.25) is 0 Å². The summed E-state index contributed by atoms with van der Waals surface area (Å²) in [6.07, 6.45) is 0.476. The lowest BCUT2D eigenvalue weighted by Gasteiger charge is -2.20. The van der Waals surface area contributed by atoms with E-state index in [0.29, 0.717) is 6.42 Å². The molecule has 0 heterocycles. The summed E-state index contributed by atoms with van der Waals surface area (Å²) < 4.78 is 0. The van der Waals surface area contributed by atoms with Crippen molar-refractivity contribution in [2.45, 2.75) is 37.8 Å². The highest BCUT2D eigenvalue weighted by Gasteiger charge is 2.24. The lowest BCUT2D eigenvalue weighted by molar-refractivity contribution is -0.138. The van der Waals surface area contributed by atoms with Crippen molar-refractivity contribution in [2.75, 3.05) is 13.1 Å². The van der Waals surface area contributed by atoms with E-state index in [9.17, 15) is 19.2 Å². The molecule has 0 saturated carbocycles. The van der Waals surface area contributed by atoms with Crippen molar-refractivity contribution < 1.29 is 24.3 Å². The third-order valence-corrected chi connectivity index (χ3v) is 3.03. The molecule has 12 nitrogen and oxygen atoms in total. The fourth-order valence-corrected chi connectivity index (χ4v) is 1.77. The molecule has 0 aromatic heterocycles. The van der Waals surface area contributed by atoms with E-state index >= 15 is 0 Å². The maximum absolute atomic E-state index is 12.0. The Balaban J connectivity index is 4.71. The van der Waals surface area contributed by atoms with E-state index < -0.39 is 42.3 Å². The first kappa shape index (κ1) is 22.1. The maximum Gasteiger partial charge on any atom is 0.322 e. The van der Waals surface area contributed by atoms with E-state index in [-0.39, 0.29) is 31.8 Å². The minimum Gasteiger partial charge on any atom is -0.480 e. The van der Waals surface area contributed by atoms with Gasteiger partial charge in [0, 0.05) is 13.0 Å². The molecule has 0 radical (unpaired) electrons. The first-order valence-corrected chi connectivity index (χ1v) is 7.52. The molecule has 0 spiro atoms. The van der Waals surface area contributed by atoms with Crippen LogP contribution in [0, 0.1) is 0 Å². The topological polar surface area (TPSA) is 229 Å². The van der Waals surface area contributed by atoms with Crippen LogP contribution in [0.4, 0.5) is 0 Å². The standard InChI is InChI=1S/C13H25N7O5/c14-7(3-4-9(15)21)11(24)20-8(2-1-5-18-13(16)17)12(25)19-6-10(22)23/h7-8H,1-6,14H2,(H2,15,21)(H,19,25)(H,20,24)(H,22,23)(H4,16,17,18). The van der Waals surface area contributed by atoms with Crippen molar-refractivity contribution >= 4 is 29.7 Å². The molecule has 0 rings (SSSR count). The third kappa shape index (κ3) is 11.3. The van der Waals surface area contributed by atoms with Gasteiger partial charge in [-0.3, -0.25) is 24.2 Å². The SMILES string of the molecule is NC(=O)CCC(N)C(=O)NC(CCCN=C(N)N)C(=O)NCC(=O)O. The molecule has 0 saturated heterocycles. The zero-order valence-corrected chi connectivity index (χ0v) is 13.7. The van der Waals surface area contributed by atoms with E-state index in [2.05, 4.69) is 15.6 Å². The largest absolute Gasteiger partial charge is 0.480 e. The van der Waals surface area contributed by atoms with E-state index in [1.165, 1.54) is 0 Å². The fourth-order valence-electron chi connectivity index (χ4n) is 1.77. The Bertz CT molecular complexity index is 519. The fraction of sp³-hybridized carbons (Fsp3) is 0.615. The Labute approximate surface area is 144 Å². The number of nitrogens with two attached hydrogens (primary N) is 4. The molecule has 0 aromatic rings. The van der Waals surface area contributed by atoms with Gasteiger partial charge in [0.25, 0.3) is 0 Å². The second-order valence-electron chi connectivity index (χ2n) is 5.23. The van der Waals surface area contributed by atoms with Gasteiger partial charge in [0.05, 0.1) is 6.04 Å². The number of rotatable bonds is 12. The summed E-state index contributed by atoms with van der Waals surface area (Å²) in [7, 11) is 0. The van der Waals surface area contributed by atoms with Gasteiger partial charge in [0.2, 0.25) is 17.7 Å². The summed E-state index contributed by atoms with van der Waals surface area (Å²) in [6.45, 7) is -0.360. The molecule has 11 N–H and O–H groups in total. The number of carboxylic acid groups (broad SMARTS) is 1. The molecular weight excluding hydrogens is 334 g/mol. The molecule has 3 amide bonds. The van der Waals surface area contributed by atoms with Gasteiger partial charge in [0.1, 0.15) is 12.6 Å². The highest BCUT2D eigenvalue weighted by molar-refractivity contribution is 5.91. The van der Waals surface area contributed by atoms with Gasteiger partial charge in [-0.15, -0.1) is 0 Å². The summed E-state index contributed by atoms with van der Waals surface area (Å²) in [5, 5.41) is 13.2. The molecule has 0 bridgehead atoms. The Kier molecular flexibility index (Phi) is 10.3. The molecule has 2 atom stereocenters. The van der Waals surface area contributed by atoms with Gasteiger partial charge in [-0.05, 0) is 19.3 Å². The van der Waals surface area contributed by atoms with Crippen molar-refractivity contribution in [1.29, 1.82) is 0 Å². The molecule has 142 valence electrons. The van der Waals surface area contributed by atoms with Crippen molar-refractivity contribution in [1.82, 2.24) is 10.6 Å². The maximum atomic E-state index is 12.0. The van der Waals surface area contributed by atoms with Gasteiger partial charge in [0.15, 0.2) is 5.96 Å². The minimum absolute atomic E-state index is 0.0264. The third-order valence-electron chi connectivity index (χ3n) is 3.03. The van der Waals surface area contributed by atoms with Crippen molar-refractivity contribution in [3.05, 3.63) is 0 Å². The summed E-state index contributed by atoms with van der Waals surface area (Å²) in [5.41, 5.74) is 21.0. The molecule has 0 aromatic carbocycles. The monoisotopic (exact) mass is 359 g/mol. The smallest absolute Gasteiger partial charge is 0.322 e. The Morgan fingerprint density at radius 1 is 1.04 bits per heavy atom. The predicted molar refractivity (Wildman–Crippen MR) is 88.9 cm³/mol. The molecule has 0 aliphatic heterocycles. The zero-order valence-electron chi connectivity index (χ0n) is 13.7. The lowest BCUT2D eigenvalue weighted by Crippen LogP contribution is -2.52. The zero-order chi connectivity index (χ0) is 19.4. The number of aliphatic carboxylic acids is 1.